The van der Waals surface area contributed by atoms with E-state index >= 15 is 0 Å². The van der Waals surface area contributed by atoms with E-state index in [1.54, 1.807) is 34.4 Å². The maximum atomic E-state index is 13.8. The largest absolute Gasteiger partial charge is 0.497 e. The van der Waals surface area contributed by atoms with Crippen LogP contribution < -0.4 is 25.4 Å². The molecule has 2 saturated heterocycles. The number of nitrogens with zero attached hydrogens (tertiary/aromatic N) is 4. The molecular weight excluding hydrogens is 1070 g/mol. The van der Waals surface area contributed by atoms with Gasteiger partial charge in [-0.2, -0.15) is 5.26 Å². The summed E-state index contributed by atoms with van der Waals surface area (Å²) in [5.74, 6) is 0.538. The number of ether oxygens (including phenoxy) is 5. The van der Waals surface area contributed by atoms with Crippen molar-refractivity contribution in [3.05, 3.63) is 95.6 Å². The molecule has 83 heavy (non-hydrogen) atoms. The Kier molecular flexibility index (Phi) is 29.5. The van der Waals surface area contributed by atoms with Crippen LogP contribution in [0.15, 0.2) is 83.9 Å². The molecule has 6 rings (SSSR count). The van der Waals surface area contributed by atoms with Crippen LogP contribution in [0, 0.1) is 17.2 Å². The van der Waals surface area contributed by atoms with Crippen LogP contribution in [-0.2, 0) is 38.4 Å². The first-order chi connectivity index (χ1) is 40.4. The number of nitrogens with one attached hydrogen (secondary N) is 3. The van der Waals surface area contributed by atoms with E-state index in [1.165, 1.54) is 109 Å². The number of methoxy groups -OCH3 is 2. The van der Waals surface area contributed by atoms with Gasteiger partial charge in [-0.1, -0.05) is 197 Å². The second-order valence-corrected chi connectivity index (χ2v) is 24.8. The Morgan fingerprint density at radius 3 is 1.71 bits per heavy atom. The van der Waals surface area contributed by atoms with E-state index in [4.69, 9.17) is 37.7 Å². The summed E-state index contributed by atoms with van der Waals surface area (Å²) in [6.07, 6.45) is 22.9. The molecule has 0 saturated carbocycles. The second kappa shape index (κ2) is 36.3. The van der Waals surface area contributed by atoms with Crippen molar-refractivity contribution >= 4 is 26.7 Å². The summed E-state index contributed by atoms with van der Waals surface area (Å²) in [6, 6.07) is 27.4. The van der Waals surface area contributed by atoms with Gasteiger partial charge in [-0.05, 0) is 75.1 Å². The fourth-order valence-corrected chi connectivity index (χ4v) is 13.3. The molecule has 0 spiro atoms. The van der Waals surface area contributed by atoms with E-state index in [1.807, 2.05) is 71.6 Å². The Hall–Kier alpha value is -4.69. The number of hydrogen-bond acceptors (Lipinski definition) is 14. The summed E-state index contributed by atoms with van der Waals surface area (Å²) in [6.45, 7) is 14.9. The molecule has 3 aliphatic heterocycles. The molecule has 3 aromatic rings. The minimum Gasteiger partial charge on any atom is -0.497 e. The maximum absolute atomic E-state index is 13.8. The van der Waals surface area contributed by atoms with Crippen LogP contribution in [0.1, 0.15) is 200 Å². The third-order valence-electron chi connectivity index (χ3n) is 16.1. The Bertz CT molecular complexity index is 2320. The molecule has 0 aromatic heterocycles. The molecule has 0 bridgehead atoms. The van der Waals surface area contributed by atoms with Gasteiger partial charge in [-0.3, -0.25) is 19.9 Å². The number of carbonyl (C=O) groups excluding carboxylic acids is 2. The first kappa shape index (κ1) is 67.4. The number of benzene rings is 3. The van der Waals surface area contributed by atoms with E-state index in [9.17, 15) is 14.9 Å². The summed E-state index contributed by atoms with van der Waals surface area (Å²) < 4.78 is 49.7. The first-order valence-corrected chi connectivity index (χ1v) is 32.7. The molecule has 460 valence electrons. The molecule has 3 N–H and O–H groups in total. The van der Waals surface area contributed by atoms with Gasteiger partial charge in [-0.15, -0.1) is 0 Å². The van der Waals surface area contributed by atoms with Crippen LogP contribution in [-0.4, -0.2) is 117 Å². The highest BCUT2D eigenvalue weighted by Crippen LogP contribution is 2.51. The third-order valence-corrected chi connectivity index (χ3v) is 18.2. The Labute approximate surface area is 499 Å². The fraction of sp³-hybridized carbons (Fsp3) is 0.667. The number of rotatable bonds is 41. The Morgan fingerprint density at radius 1 is 0.723 bits per heavy atom. The number of carbonyl (C=O) groups is 2. The second-order valence-electron chi connectivity index (χ2n) is 23.4. The monoisotopic (exact) mass is 1170 g/mol. The lowest BCUT2D eigenvalue weighted by molar-refractivity contribution is -0.137. The van der Waals surface area contributed by atoms with Crippen molar-refractivity contribution in [3.63, 3.8) is 0 Å². The predicted molar refractivity (Wildman–Crippen MR) is 331 cm³/mol. The van der Waals surface area contributed by atoms with Crippen molar-refractivity contribution in [2.24, 2.45) is 10.9 Å². The first-order valence-electron chi connectivity index (χ1n) is 31.5. The smallest absolute Gasteiger partial charge is 0.259 e. The van der Waals surface area contributed by atoms with Crippen molar-refractivity contribution in [2.75, 3.05) is 34.0 Å². The summed E-state index contributed by atoms with van der Waals surface area (Å²) >= 11 is 0. The fourth-order valence-electron chi connectivity index (χ4n) is 11.5. The van der Waals surface area contributed by atoms with Crippen molar-refractivity contribution < 1.29 is 42.3 Å². The third kappa shape index (κ3) is 19.9. The zero-order valence-corrected chi connectivity index (χ0v) is 52.6. The number of hydrogen-bond donors (Lipinski definition) is 3. The summed E-state index contributed by atoms with van der Waals surface area (Å²) in [5.41, 5.74) is 1.38. The number of nitriles is 1. The highest BCUT2D eigenvalue weighted by Gasteiger charge is 2.56. The molecule has 3 aliphatic rings. The van der Waals surface area contributed by atoms with Crippen molar-refractivity contribution in [3.8, 4) is 17.6 Å². The van der Waals surface area contributed by atoms with Crippen molar-refractivity contribution in [1.82, 2.24) is 25.5 Å². The summed E-state index contributed by atoms with van der Waals surface area (Å²) in [5, 5.41) is 19.0. The van der Waals surface area contributed by atoms with Crippen LogP contribution >= 0.6 is 8.53 Å². The Balaban J connectivity index is 1.25. The highest BCUT2D eigenvalue weighted by atomic mass is 31.2. The molecule has 17 heteroatoms. The molecule has 16 nitrogen and oxygen atoms in total. The van der Waals surface area contributed by atoms with Gasteiger partial charge >= 0.3 is 0 Å². The molecule has 8 atom stereocenters. The van der Waals surface area contributed by atoms with Crippen LogP contribution in [0.5, 0.6) is 11.5 Å². The number of aliphatic imine (C=N–C) groups is 1. The molecule has 2 amide bonds. The summed E-state index contributed by atoms with van der Waals surface area (Å²) in [4.78, 5) is 33.5. The van der Waals surface area contributed by atoms with Crippen LogP contribution in [0.3, 0.4) is 0 Å². The topological polar surface area (TPSA) is 177 Å². The number of fused-ring (bicyclic) bond motifs is 1. The molecule has 0 radical (unpaired) electrons. The van der Waals surface area contributed by atoms with E-state index in [2.05, 4.69) is 73.4 Å². The van der Waals surface area contributed by atoms with Crippen LogP contribution in [0.2, 0.25) is 0 Å². The molecule has 2 fully saturated rings. The van der Waals surface area contributed by atoms with Gasteiger partial charge in [0.25, 0.3) is 14.4 Å². The Morgan fingerprint density at radius 2 is 1.23 bits per heavy atom. The predicted octanol–water partition coefficient (Wildman–Crippen LogP) is 13.4. The lowest BCUT2D eigenvalue weighted by Crippen LogP contribution is -2.72. The lowest BCUT2D eigenvalue weighted by atomic mass is 9.80. The molecule has 5 unspecified atom stereocenters. The van der Waals surface area contributed by atoms with Gasteiger partial charge in [0.2, 0.25) is 5.91 Å². The summed E-state index contributed by atoms with van der Waals surface area (Å²) in [7, 11) is 1.48. The SMILES string of the molecule is CCCCCCCCCCCCCCCCCCCCCCO[C@H]1C(OP(OCCC#N)N(C(C)C)C(C)C)[C@@H](COC(c2ccccc2)(c2ccc(OC)cc2)c2ccc(OC)cc2)O[C@H]1N1C=NC2C(=O)NC(NC(=O)C(C)C)NC21. The van der Waals surface area contributed by atoms with E-state index < -0.39 is 57.2 Å². The van der Waals surface area contributed by atoms with Gasteiger partial charge in [0.05, 0.1) is 46.3 Å². The zero-order chi connectivity index (χ0) is 59.4. The lowest BCUT2D eigenvalue weighted by Gasteiger charge is -2.41. The van der Waals surface area contributed by atoms with Crippen molar-refractivity contribution in [1.29, 1.82) is 5.26 Å². The zero-order valence-electron chi connectivity index (χ0n) is 51.7. The maximum Gasteiger partial charge on any atom is 0.259 e. The molecule has 3 heterocycles. The van der Waals surface area contributed by atoms with Gasteiger partial charge in [0, 0.05) is 24.6 Å². The van der Waals surface area contributed by atoms with Crippen LogP contribution in [0.4, 0.5) is 0 Å². The average molecular weight is 1170 g/mol. The molecular formula is C66H102N7O9P. The standard InChI is InChI=1S/C66H102N7O9P/c1-10-11-12-13-14-15-16-17-18-19-20-21-22-23-24-25-26-27-28-32-45-78-60-59(82-83(80-46-33-44-67)73(50(4)5)51(6)7)57(81-64(60)72-48-68-58-61(72)69-65(71-63(58)75)70-62(74)49(2)3)47-79-66(52-34-30-29-31-35-52,53-36-40-55(76-8)41-37-53)54-38-42-56(77-9)43-39-54/h29-31,34-43,48-51,57-61,64-65,69H,10-28,32-33,45-47H2,1-9H3,(H,70,74)(H,71,75)/t57-,58?,59?,60+,61?,64-,65?,83?/m1/s1. The molecule has 0 aliphatic carbocycles. The van der Waals surface area contributed by atoms with Gasteiger partial charge in [0.1, 0.15) is 41.6 Å². The van der Waals surface area contributed by atoms with E-state index in [-0.39, 0.29) is 49.5 Å². The quantitative estimate of drug-likeness (QED) is 0.0278. The van der Waals surface area contributed by atoms with Crippen LogP contribution in [0.25, 0.3) is 0 Å². The average Bonchev–Trinajstić information content (AvgIpc) is 3.30. The highest BCUT2D eigenvalue weighted by molar-refractivity contribution is 7.44. The normalized spacial score (nSPS) is 21.0. The minimum absolute atomic E-state index is 0.00191. The van der Waals surface area contributed by atoms with E-state index in [0.717, 1.165) is 36.0 Å². The van der Waals surface area contributed by atoms with Gasteiger partial charge in [-0.25, -0.2) is 4.67 Å². The minimum atomic E-state index is -1.82. The number of amides is 2. The van der Waals surface area contributed by atoms with Gasteiger partial charge in [0.15, 0.2) is 18.6 Å². The van der Waals surface area contributed by atoms with Crippen molar-refractivity contribution in [2.45, 2.75) is 244 Å². The number of unbranched alkanes of at least 4 members (excludes halogenated alkanes) is 19. The van der Waals surface area contributed by atoms with Gasteiger partial charge < -0.3 is 48.3 Å². The van der Waals surface area contributed by atoms with E-state index in [0.29, 0.717) is 18.1 Å². The molecule has 3 aromatic carbocycles.